The summed E-state index contributed by atoms with van der Waals surface area (Å²) < 4.78 is 17.3. The van der Waals surface area contributed by atoms with E-state index in [1.807, 2.05) is 32.2 Å². The molecule has 0 spiro atoms. The zero-order valence-electron chi connectivity index (χ0n) is 17.5. The van der Waals surface area contributed by atoms with Crippen molar-refractivity contribution in [2.24, 2.45) is 5.92 Å². The monoisotopic (exact) mass is 464 g/mol. The first-order valence-electron chi connectivity index (χ1n) is 9.99. The lowest BCUT2D eigenvalue weighted by atomic mass is 10.1. The van der Waals surface area contributed by atoms with Crippen molar-refractivity contribution in [3.8, 4) is 0 Å². The summed E-state index contributed by atoms with van der Waals surface area (Å²) in [4.78, 5) is 13.4. The zero-order chi connectivity index (χ0) is 21.7. The lowest BCUT2D eigenvalue weighted by molar-refractivity contribution is -0.137. The van der Waals surface area contributed by atoms with Crippen LogP contribution in [0.25, 0.3) is 20.2 Å². The van der Waals surface area contributed by atoms with Gasteiger partial charge in [-0.1, -0.05) is 26.0 Å². The number of carboxylic acids is 1. The number of carboxylic acid groups (broad SMARTS) is 1. The molecule has 0 aliphatic carbocycles. The van der Waals surface area contributed by atoms with E-state index in [1.165, 1.54) is 30.8 Å². The fraction of sp³-hybridized carbons (Fsp3) is 0.409. The van der Waals surface area contributed by atoms with Crippen LogP contribution in [0.2, 0.25) is 0 Å². The predicted octanol–water partition coefficient (Wildman–Crippen LogP) is 4.97. The number of carbonyl (C=O) groups is 1. The van der Waals surface area contributed by atoms with E-state index >= 15 is 0 Å². The van der Waals surface area contributed by atoms with E-state index in [4.69, 9.17) is 5.11 Å². The number of fused-ring (bicyclic) bond motifs is 3. The number of anilines is 1. The normalized spacial score (nSPS) is 14.9. The number of hydrogen-bond acceptors (Lipinski definition) is 6. The fourth-order valence-corrected chi connectivity index (χ4v) is 6.22. The van der Waals surface area contributed by atoms with Crippen LogP contribution in [0.5, 0.6) is 0 Å². The SMILES string of the molecule is CC(C)CC(=O)O.CNSc1ccc2c(c1)sc1cc(N3CCS(=O)CC3)ccc12. The smallest absolute Gasteiger partial charge is 0.303 e. The summed E-state index contributed by atoms with van der Waals surface area (Å²) in [6, 6.07) is 13.4. The van der Waals surface area contributed by atoms with Gasteiger partial charge in [0.05, 0.1) is 0 Å². The topological polar surface area (TPSA) is 69.6 Å². The van der Waals surface area contributed by atoms with Gasteiger partial charge in [0.1, 0.15) is 0 Å². The Morgan fingerprint density at radius 2 is 1.80 bits per heavy atom. The van der Waals surface area contributed by atoms with Crippen LogP contribution in [0.15, 0.2) is 41.3 Å². The Morgan fingerprint density at radius 3 is 2.37 bits per heavy atom. The highest BCUT2D eigenvalue weighted by Crippen LogP contribution is 2.37. The van der Waals surface area contributed by atoms with E-state index in [0.717, 1.165) is 24.6 Å². The molecular weight excluding hydrogens is 436 g/mol. The third-order valence-electron chi connectivity index (χ3n) is 4.77. The number of benzene rings is 2. The molecule has 8 heteroatoms. The van der Waals surface area contributed by atoms with Gasteiger partial charge in [0, 0.05) is 72.6 Å². The molecule has 0 saturated carbocycles. The van der Waals surface area contributed by atoms with E-state index in [2.05, 4.69) is 46.0 Å². The summed E-state index contributed by atoms with van der Waals surface area (Å²) in [7, 11) is 1.32. The molecule has 2 N–H and O–H groups in total. The van der Waals surface area contributed by atoms with Gasteiger partial charge in [-0.3, -0.25) is 13.7 Å². The fourth-order valence-electron chi connectivity index (χ4n) is 3.37. The number of nitrogens with one attached hydrogen (secondary N) is 1. The first kappa shape index (κ1) is 23.1. The summed E-state index contributed by atoms with van der Waals surface area (Å²) >= 11 is 3.50. The average molecular weight is 465 g/mol. The Bertz CT molecular complexity index is 1040. The molecule has 0 bridgehead atoms. The van der Waals surface area contributed by atoms with Gasteiger partial charge >= 0.3 is 5.97 Å². The molecule has 162 valence electrons. The van der Waals surface area contributed by atoms with Gasteiger partial charge in [-0.25, -0.2) is 0 Å². The highest BCUT2D eigenvalue weighted by Gasteiger charge is 2.16. The summed E-state index contributed by atoms with van der Waals surface area (Å²) in [5.74, 6) is 1.14. The van der Waals surface area contributed by atoms with E-state index in [9.17, 15) is 9.00 Å². The second-order valence-corrected chi connectivity index (χ2v) is 11.4. The molecule has 5 nitrogen and oxygen atoms in total. The standard InChI is InChI=1S/C17H18N2OS3.C5H10O2/c1-18-22-13-3-5-15-14-4-2-12(10-16(14)21-17(15)11-13)19-6-8-23(20)9-7-19;1-4(2)3-5(6)7/h2-5,10-11,18H,6-9H2,1H3;4H,3H2,1-2H3,(H,6,7). The molecule has 1 fully saturated rings. The zero-order valence-corrected chi connectivity index (χ0v) is 20.0. The minimum absolute atomic E-state index is 0.275. The van der Waals surface area contributed by atoms with Gasteiger partial charge in [0.25, 0.3) is 0 Å². The van der Waals surface area contributed by atoms with Crippen molar-refractivity contribution in [3.63, 3.8) is 0 Å². The maximum absolute atomic E-state index is 11.5. The van der Waals surface area contributed by atoms with Crippen LogP contribution < -0.4 is 9.62 Å². The minimum Gasteiger partial charge on any atom is -0.481 e. The number of hydrogen-bond donors (Lipinski definition) is 2. The quantitative estimate of drug-likeness (QED) is 0.520. The van der Waals surface area contributed by atoms with E-state index in [-0.39, 0.29) is 12.3 Å². The number of rotatable bonds is 5. The summed E-state index contributed by atoms with van der Waals surface area (Å²) in [6.45, 7) is 5.56. The van der Waals surface area contributed by atoms with E-state index in [0.29, 0.717) is 0 Å². The van der Waals surface area contributed by atoms with Crippen molar-refractivity contribution in [2.45, 2.75) is 25.2 Å². The summed E-state index contributed by atoms with van der Waals surface area (Å²) in [5.41, 5.74) is 1.26. The van der Waals surface area contributed by atoms with E-state index in [1.54, 1.807) is 11.9 Å². The average Bonchev–Trinajstić information content (AvgIpc) is 3.05. The third-order valence-corrected chi connectivity index (χ3v) is 7.86. The Labute approximate surface area is 188 Å². The molecule has 0 atom stereocenters. The van der Waals surface area contributed by atoms with Gasteiger partial charge in [0.15, 0.2) is 0 Å². The lowest BCUT2D eigenvalue weighted by Gasteiger charge is -2.28. The largest absolute Gasteiger partial charge is 0.481 e. The van der Waals surface area contributed by atoms with Crippen LogP contribution in [0.4, 0.5) is 5.69 Å². The highest BCUT2D eigenvalue weighted by atomic mass is 32.2. The molecule has 0 unspecified atom stereocenters. The predicted molar refractivity (Wildman–Crippen MR) is 131 cm³/mol. The van der Waals surface area contributed by atoms with Crippen molar-refractivity contribution in [1.29, 1.82) is 0 Å². The first-order chi connectivity index (χ1) is 14.4. The molecule has 0 radical (unpaired) electrons. The van der Waals surface area contributed by atoms with Gasteiger partial charge in [-0.05, 0) is 49.2 Å². The minimum atomic E-state index is -0.713. The molecule has 30 heavy (non-hydrogen) atoms. The Morgan fingerprint density at radius 1 is 1.17 bits per heavy atom. The molecule has 3 aromatic rings. The van der Waals surface area contributed by atoms with Crippen LogP contribution in [-0.4, -0.2) is 46.9 Å². The second-order valence-electron chi connectivity index (χ2n) is 7.57. The number of nitrogens with zero attached hydrogens (tertiary/aromatic N) is 1. The molecule has 0 amide bonds. The molecular formula is C22H28N2O3S3. The van der Waals surface area contributed by atoms with Crippen molar-refractivity contribution >= 4 is 65.9 Å². The lowest BCUT2D eigenvalue weighted by Crippen LogP contribution is -2.37. The number of thiophene rings is 1. The van der Waals surface area contributed by atoms with Crippen molar-refractivity contribution in [3.05, 3.63) is 36.4 Å². The molecule has 1 aromatic heterocycles. The molecule has 1 aliphatic heterocycles. The first-order valence-corrected chi connectivity index (χ1v) is 13.1. The van der Waals surface area contributed by atoms with Gasteiger partial charge in [-0.2, -0.15) is 0 Å². The maximum atomic E-state index is 11.5. The maximum Gasteiger partial charge on any atom is 0.303 e. The van der Waals surface area contributed by atoms with Crippen molar-refractivity contribution in [1.82, 2.24) is 4.72 Å². The second kappa shape index (κ2) is 10.6. The Hall–Kier alpha value is -1.61. The molecule has 2 heterocycles. The molecule has 2 aromatic carbocycles. The van der Waals surface area contributed by atoms with Crippen molar-refractivity contribution < 1.29 is 14.1 Å². The molecule has 1 aliphatic rings. The summed E-state index contributed by atoms with van der Waals surface area (Å²) in [5, 5.41) is 10.7. The van der Waals surface area contributed by atoms with Gasteiger partial charge in [-0.15, -0.1) is 11.3 Å². The molecule has 4 rings (SSSR count). The van der Waals surface area contributed by atoms with Crippen LogP contribution >= 0.6 is 23.3 Å². The Balaban J connectivity index is 0.000000318. The van der Waals surface area contributed by atoms with Gasteiger partial charge in [0.2, 0.25) is 0 Å². The van der Waals surface area contributed by atoms with E-state index < -0.39 is 16.8 Å². The highest BCUT2D eigenvalue weighted by molar-refractivity contribution is 7.97. The van der Waals surface area contributed by atoms with Crippen LogP contribution in [0.3, 0.4) is 0 Å². The van der Waals surface area contributed by atoms with Gasteiger partial charge < -0.3 is 10.0 Å². The van der Waals surface area contributed by atoms with Crippen LogP contribution in [0.1, 0.15) is 20.3 Å². The number of aliphatic carboxylic acids is 1. The Kier molecular flexibility index (Phi) is 8.16. The van der Waals surface area contributed by atoms with Crippen molar-refractivity contribution in [2.75, 3.05) is 36.5 Å². The third kappa shape index (κ3) is 5.97. The van der Waals surface area contributed by atoms with Crippen LogP contribution in [-0.2, 0) is 15.6 Å². The van der Waals surface area contributed by atoms with Crippen LogP contribution in [0, 0.1) is 5.92 Å². The summed E-state index contributed by atoms with van der Waals surface area (Å²) in [6.07, 6.45) is 0.278. The molecule has 1 saturated heterocycles.